The summed E-state index contributed by atoms with van der Waals surface area (Å²) in [6.45, 7) is 9.83. The average molecular weight is 185 g/mol. The highest BCUT2D eigenvalue weighted by molar-refractivity contribution is 4.91. The lowest BCUT2D eigenvalue weighted by atomic mass is 9.87. The summed E-state index contributed by atoms with van der Waals surface area (Å²) in [5.74, 6) is 0. The third kappa shape index (κ3) is 4.12. The normalized spacial score (nSPS) is 19.4. The van der Waals surface area contributed by atoms with Crippen molar-refractivity contribution in [2.24, 2.45) is 0 Å². The van der Waals surface area contributed by atoms with Gasteiger partial charge in [0, 0.05) is 5.54 Å². The third-order valence-electron chi connectivity index (χ3n) is 2.79. The Kier molecular flexibility index (Phi) is 7.35. The molecule has 0 unspecified atom stereocenters. The molecule has 0 amide bonds. The predicted octanol–water partition coefficient (Wildman–Crippen LogP) is 3.74. The van der Waals surface area contributed by atoms with Crippen LogP contribution in [0.3, 0.4) is 0 Å². The molecule has 0 atom stereocenters. The molecule has 1 rings (SSSR count). The van der Waals surface area contributed by atoms with Crippen molar-refractivity contribution >= 4 is 0 Å². The van der Waals surface area contributed by atoms with Crippen LogP contribution < -0.4 is 5.32 Å². The van der Waals surface area contributed by atoms with Gasteiger partial charge in [-0.3, -0.25) is 0 Å². The first-order valence-corrected chi connectivity index (χ1v) is 6.08. The average Bonchev–Trinajstić information content (AvgIpc) is 2.58. The maximum Gasteiger partial charge on any atom is 0.0181 e. The Labute approximate surface area is 84.3 Å². The predicted molar refractivity (Wildman–Crippen MR) is 61.1 cm³/mol. The Bertz CT molecular complexity index is 95.7. The van der Waals surface area contributed by atoms with Crippen molar-refractivity contribution in [2.75, 3.05) is 6.54 Å². The van der Waals surface area contributed by atoms with E-state index in [1.807, 2.05) is 13.8 Å². The second-order valence-electron chi connectivity index (χ2n) is 3.81. The van der Waals surface area contributed by atoms with Gasteiger partial charge in [-0.1, -0.05) is 40.5 Å². The molecule has 1 heteroatoms. The highest BCUT2D eigenvalue weighted by atomic mass is 15.0. The van der Waals surface area contributed by atoms with Gasteiger partial charge in [0.1, 0.15) is 0 Å². The highest BCUT2D eigenvalue weighted by Crippen LogP contribution is 2.28. The van der Waals surface area contributed by atoms with Crippen LogP contribution in [0.1, 0.15) is 66.2 Å². The van der Waals surface area contributed by atoms with E-state index < -0.39 is 0 Å². The van der Waals surface area contributed by atoms with E-state index in [0.717, 1.165) is 0 Å². The van der Waals surface area contributed by atoms with Gasteiger partial charge in [0.05, 0.1) is 0 Å². The standard InChI is InChI=1S/C10H21N.C2H6/c1-3-6-10(7-4-2)8-5-9-11-10;1-2/h11H,3-9H2,1-2H3;1-2H3. The number of hydrogen-bond acceptors (Lipinski definition) is 1. The quantitative estimate of drug-likeness (QED) is 0.703. The molecule has 1 saturated heterocycles. The summed E-state index contributed by atoms with van der Waals surface area (Å²) in [4.78, 5) is 0. The Balaban J connectivity index is 0.000000671. The fourth-order valence-electron chi connectivity index (χ4n) is 2.38. The van der Waals surface area contributed by atoms with Crippen molar-refractivity contribution in [1.29, 1.82) is 0 Å². The molecule has 0 aliphatic carbocycles. The maximum absolute atomic E-state index is 3.67. The SMILES string of the molecule is CC.CCCC1(CCC)CCCN1. The van der Waals surface area contributed by atoms with E-state index in [0.29, 0.717) is 5.54 Å². The van der Waals surface area contributed by atoms with E-state index in [4.69, 9.17) is 0 Å². The zero-order chi connectivity index (χ0) is 10.2. The molecule has 0 radical (unpaired) electrons. The summed E-state index contributed by atoms with van der Waals surface area (Å²) in [6, 6.07) is 0. The highest BCUT2D eigenvalue weighted by Gasteiger charge is 2.30. The molecule has 1 fully saturated rings. The molecule has 0 aromatic carbocycles. The second kappa shape index (κ2) is 7.37. The molecule has 1 heterocycles. The lowest BCUT2D eigenvalue weighted by Gasteiger charge is -2.28. The molecular weight excluding hydrogens is 158 g/mol. The van der Waals surface area contributed by atoms with Crippen LogP contribution in [0, 0.1) is 0 Å². The van der Waals surface area contributed by atoms with Gasteiger partial charge in [-0.05, 0) is 32.2 Å². The molecule has 0 aromatic heterocycles. The van der Waals surface area contributed by atoms with Gasteiger partial charge in [-0.2, -0.15) is 0 Å². The van der Waals surface area contributed by atoms with E-state index in [1.165, 1.54) is 45.1 Å². The first-order chi connectivity index (χ1) is 6.33. The van der Waals surface area contributed by atoms with E-state index >= 15 is 0 Å². The molecule has 1 aliphatic heterocycles. The second-order valence-corrected chi connectivity index (χ2v) is 3.81. The van der Waals surface area contributed by atoms with Gasteiger partial charge >= 0.3 is 0 Å². The molecule has 13 heavy (non-hydrogen) atoms. The van der Waals surface area contributed by atoms with Crippen LogP contribution in [0.25, 0.3) is 0 Å². The summed E-state index contributed by atoms with van der Waals surface area (Å²) >= 11 is 0. The van der Waals surface area contributed by atoms with Crippen molar-refractivity contribution in [2.45, 2.75) is 71.8 Å². The van der Waals surface area contributed by atoms with Crippen molar-refractivity contribution in [3.8, 4) is 0 Å². The molecule has 0 spiro atoms. The van der Waals surface area contributed by atoms with Crippen molar-refractivity contribution in [3.05, 3.63) is 0 Å². The van der Waals surface area contributed by atoms with Gasteiger partial charge in [0.25, 0.3) is 0 Å². The largest absolute Gasteiger partial charge is 0.311 e. The topological polar surface area (TPSA) is 12.0 Å². The van der Waals surface area contributed by atoms with Crippen LogP contribution in [0.4, 0.5) is 0 Å². The van der Waals surface area contributed by atoms with Crippen LogP contribution in [-0.4, -0.2) is 12.1 Å². The summed E-state index contributed by atoms with van der Waals surface area (Å²) in [6.07, 6.45) is 8.20. The van der Waals surface area contributed by atoms with Gasteiger partial charge in [-0.25, -0.2) is 0 Å². The Morgan fingerprint density at radius 2 is 1.62 bits per heavy atom. The molecule has 0 bridgehead atoms. The maximum atomic E-state index is 3.67. The van der Waals surface area contributed by atoms with Gasteiger partial charge < -0.3 is 5.32 Å². The van der Waals surface area contributed by atoms with E-state index in [1.54, 1.807) is 0 Å². The lowest BCUT2D eigenvalue weighted by Crippen LogP contribution is -2.39. The fraction of sp³-hybridized carbons (Fsp3) is 1.00. The van der Waals surface area contributed by atoms with Crippen molar-refractivity contribution < 1.29 is 0 Å². The number of hydrogen-bond donors (Lipinski definition) is 1. The molecule has 1 N–H and O–H groups in total. The summed E-state index contributed by atoms with van der Waals surface area (Å²) < 4.78 is 0. The first-order valence-electron chi connectivity index (χ1n) is 6.08. The zero-order valence-corrected chi connectivity index (χ0v) is 9.95. The number of nitrogens with one attached hydrogen (secondary N) is 1. The van der Waals surface area contributed by atoms with Crippen LogP contribution in [0.15, 0.2) is 0 Å². The molecular formula is C12H27N. The third-order valence-corrected chi connectivity index (χ3v) is 2.79. The minimum absolute atomic E-state index is 0.545. The lowest BCUT2D eigenvalue weighted by molar-refractivity contribution is 0.317. The molecule has 0 saturated carbocycles. The van der Waals surface area contributed by atoms with Crippen molar-refractivity contribution in [3.63, 3.8) is 0 Å². The molecule has 80 valence electrons. The Morgan fingerprint density at radius 1 is 1.08 bits per heavy atom. The minimum Gasteiger partial charge on any atom is -0.311 e. The summed E-state index contributed by atoms with van der Waals surface area (Å²) in [7, 11) is 0. The van der Waals surface area contributed by atoms with Gasteiger partial charge in [-0.15, -0.1) is 0 Å². The first kappa shape index (κ1) is 13.0. The zero-order valence-electron chi connectivity index (χ0n) is 9.95. The molecule has 0 aromatic rings. The number of rotatable bonds is 4. The molecule has 1 aliphatic rings. The van der Waals surface area contributed by atoms with Crippen LogP contribution >= 0.6 is 0 Å². The van der Waals surface area contributed by atoms with E-state index in [2.05, 4.69) is 19.2 Å². The summed E-state index contributed by atoms with van der Waals surface area (Å²) in [5, 5.41) is 3.67. The smallest absolute Gasteiger partial charge is 0.0181 e. The van der Waals surface area contributed by atoms with E-state index in [9.17, 15) is 0 Å². The monoisotopic (exact) mass is 185 g/mol. The van der Waals surface area contributed by atoms with E-state index in [-0.39, 0.29) is 0 Å². The van der Waals surface area contributed by atoms with Crippen LogP contribution in [0.2, 0.25) is 0 Å². The van der Waals surface area contributed by atoms with Gasteiger partial charge in [0.2, 0.25) is 0 Å². The van der Waals surface area contributed by atoms with Crippen LogP contribution in [0.5, 0.6) is 0 Å². The van der Waals surface area contributed by atoms with Crippen molar-refractivity contribution in [1.82, 2.24) is 5.32 Å². The Morgan fingerprint density at radius 3 is 1.92 bits per heavy atom. The molecule has 1 nitrogen and oxygen atoms in total. The van der Waals surface area contributed by atoms with Crippen LogP contribution in [-0.2, 0) is 0 Å². The van der Waals surface area contributed by atoms with Gasteiger partial charge in [0.15, 0.2) is 0 Å². The fourth-order valence-corrected chi connectivity index (χ4v) is 2.38. The minimum atomic E-state index is 0.545. The Hall–Kier alpha value is -0.0400. The summed E-state index contributed by atoms with van der Waals surface area (Å²) in [5.41, 5.74) is 0.545.